The normalized spacial score (nSPS) is 14.4. The average molecular weight is 221 g/mol. The Morgan fingerprint density at radius 2 is 2.00 bits per heavy atom. The van der Waals surface area contributed by atoms with Crippen LogP contribution in [0.4, 0.5) is 0 Å². The fourth-order valence-electron chi connectivity index (χ4n) is 1.82. The number of carboxylic acids is 1. The summed E-state index contributed by atoms with van der Waals surface area (Å²) in [5.74, 6) is -1.10. The number of rotatable bonds is 6. The van der Waals surface area contributed by atoms with Gasteiger partial charge in [0.05, 0.1) is 5.92 Å². The topological polar surface area (TPSA) is 63.3 Å². The molecule has 3 nitrogen and oxygen atoms in total. The Hall–Kier alpha value is -1.35. The third kappa shape index (κ3) is 3.66. The highest BCUT2D eigenvalue weighted by Crippen LogP contribution is 2.17. The van der Waals surface area contributed by atoms with Crippen molar-refractivity contribution < 1.29 is 9.90 Å². The maximum Gasteiger partial charge on any atom is 0.308 e. The molecule has 0 heterocycles. The first-order valence-corrected chi connectivity index (χ1v) is 5.62. The highest BCUT2D eigenvalue weighted by atomic mass is 16.4. The number of benzene rings is 1. The van der Waals surface area contributed by atoms with Crippen LogP contribution in [-0.2, 0) is 11.2 Å². The van der Waals surface area contributed by atoms with Gasteiger partial charge in [0.25, 0.3) is 0 Å². The molecule has 0 fully saturated rings. The zero-order valence-electron chi connectivity index (χ0n) is 9.60. The first-order valence-electron chi connectivity index (χ1n) is 5.62. The molecule has 0 spiro atoms. The molecule has 3 N–H and O–H groups in total. The number of carboxylic acid groups (broad SMARTS) is 1. The van der Waals surface area contributed by atoms with Crippen LogP contribution in [0.5, 0.6) is 0 Å². The number of hydrogen-bond donors (Lipinski definition) is 2. The van der Waals surface area contributed by atoms with Crippen molar-refractivity contribution in [2.24, 2.45) is 17.6 Å². The van der Waals surface area contributed by atoms with Gasteiger partial charge in [0.1, 0.15) is 0 Å². The summed E-state index contributed by atoms with van der Waals surface area (Å²) < 4.78 is 0. The molecule has 1 aromatic carbocycles. The van der Waals surface area contributed by atoms with Gasteiger partial charge in [-0.2, -0.15) is 0 Å². The van der Waals surface area contributed by atoms with Crippen LogP contribution in [0.2, 0.25) is 0 Å². The van der Waals surface area contributed by atoms with Gasteiger partial charge in [-0.3, -0.25) is 4.79 Å². The van der Waals surface area contributed by atoms with Crippen molar-refractivity contribution in [1.29, 1.82) is 0 Å². The van der Waals surface area contributed by atoms with Gasteiger partial charge in [0.15, 0.2) is 0 Å². The van der Waals surface area contributed by atoms with E-state index in [1.54, 1.807) is 0 Å². The van der Waals surface area contributed by atoms with Crippen molar-refractivity contribution >= 4 is 5.97 Å². The summed E-state index contributed by atoms with van der Waals surface area (Å²) in [5, 5.41) is 8.96. The molecule has 1 aromatic rings. The first kappa shape index (κ1) is 12.7. The second kappa shape index (κ2) is 6.28. The van der Waals surface area contributed by atoms with Crippen molar-refractivity contribution in [3.05, 3.63) is 35.9 Å². The van der Waals surface area contributed by atoms with Crippen molar-refractivity contribution in [3.8, 4) is 0 Å². The van der Waals surface area contributed by atoms with Crippen molar-refractivity contribution in [1.82, 2.24) is 0 Å². The van der Waals surface area contributed by atoms with E-state index in [2.05, 4.69) is 12.1 Å². The second-order valence-corrected chi connectivity index (χ2v) is 4.18. The lowest BCUT2D eigenvalue weighted by atomic mass is 9.89. The Morgan fingerprint density at radius 3 is 2.50 bits per heavy atom. The molecule has 3 heteroatoms. The molecule has 0 saturated carbocycles. The Bertz CT molecular complexity index is 324. The van der Waals surface area contributed by atoms with Gasteiger partial charge in [-0.25, -0.2) is 0 Å². The molecule has 1 rings (SSSR count). The van der Waals surface area contributed by atoms with E-state index in [9.17, 15) is 4.79 Å². The molecular formula is C13H19NO2. The smallest absolute Gasteiger partial charge is 0.308 e. The van der Waals surface area contributed by atoms with Gasteiger partial charge in [-0.15, -0.1) is 0 Å². The van der Waals surface area contributed by atoms with Gasteiger partial charge in [0.2, 0.25) is 0 Å². The average Bonchev–Trinajstić information content (AvgIpc) is 2.28. The third-order valence-corrected chi connectivity index (χ3v) is 2.99. The van der Waals surface area contributed by atoms with Crippen LogP contribution in [-0.4, -0.2) is 17.6 Å². The van der Waals surface area contributed by atoms with Crippen LogP contribution in [0, 0.1) is 11.8 Å². The summed E-state index contributed by atoms with van der Waals surface area (Å²) in [6.07, 6.45) is 1.77. The Balaban J connectivity index is 2.46. The minimum Gasteiger partial charge on any atom is -0.481 e. The molecule has 0 aliphatic rings. The van der Waals surface area contributed by atoms with Crippen molar-refractivity contribution in [2.75, 3.05) is 6.54 Å². The lowest BCUT2D eigenvalue weighted by Gasteiger charge is -2.18. The predicted molar refractivity (Wildman–Crippen MR) is 64.1 cm³/mol. The Kier molecular flexibility index (Phi) is 4.99. The van der Waals surface area contributed by atoms with E-state index in [4.69, 9.17) is 10.8 Å². The summed E-state index contributed by atoms with van der Waals surface area (Å²) in [6, 6.07) is 10.1. The molecule has 16 heavy (non-hydrogen) atoms. The fraction of sp³-hybridized carbons (Fsp3) is 0.462. The standard InChI is InChI=1S/C13H19NO2/c1-10(12(9-14)13(15)16)7-8-11-5-3-2-4-6-11/h2-6,10,12H,7-9,14H2,1H3,(H,15,16). The maximum absolute atomic E-state index is 10.9. The summed E-state index contributed by atoms with van der Waals surface area (Å²) in [6.45, 7) is 2.17. The van der Waals surface area contributed by atoms with Crippen LogP contribution in [0.15, 0.2) is 30.3 Å². The van der Waals surface area contributed by atoms with Crippen LogP contribution < -0.4 is 5.73 Å². The maximum atomic E-state index is 10.9. The first-order chi connectivity index (χ1) is 7.65. The van der Waals surface area contributed by atoms with E-state index in [0.29, 0.717) is 0 Å². The zero-order valence-corrected chi connectivity index (χ0v) is 9.60. The highest BCUT2D eigenvalue weighted by Gasteiger charge is 2.22. The van der Waals surface area contributed by atoms with Gasteiger partial charge in [-0.1, -0.05) is 37.3 Å². The minimum absolute atomic E-state index is 0.114. The van der Waals surface area contributed by atoms with Crippen LogP contribution >= 0.6 is 0 Å². The van der Waals surface area contributed by atoms with Crippen LogP contribution in [0.1, 0.15) is 18.9 Å². The lowest BCUT2D eigenvalue weighted by molar-refractivity contribution is -0.143. The molecule has 88 valence electrons. The van der Waals surface area contributed by atoms with E-state index in [1.807, 2.05) is 25.1 Å². The Morgan fingerprint density at radius 1 is 1.38 bits per heavy atom. The molecule has 2 unspecified atom stereocenters. The minimum atomic E-state index is -0.789. The summed E-state index contributed by atoms with van der Waals surface area (Å²) in [4.78, 5) is 10.9. The SMILES string of the molecule is CC(CCc1ccccc1)C(CN)C(=O)O. The largest absolute Gasteiger partial charge is 0.481 e. The van der Waals surface area contributed by atoms with E-state index in [-0.39, 0.29) is 12.5 Å². The fourth-order valence-corrected chi connectivity index (χ4v) is 1.82. The van der Waals surface area contributed by atoms with Crippen molar-refractivity contribution in [3.63, 3.8) is 0 Å². The molecule has 0 saturated heterocycles. The van der Waals surface area contributed by atoms with Crippen LogP contribution in [0.3, 0.4) is 0 Å². The molecular weight excluding hydrogens is 202 g/mol. The molecule has 0 bridgehead atoms. The summed E-state index contributed by atoms with van der Waals surface area (Å²) in [5.41, 5.74) is 6.71. The van der Waals surface area contributed by atoms with Gasteiger partial charge in [-0.05, 0) is 24.3 Å². The molecule has 0 aliphatic carbocycles. The van der Waals surface area contributed by atoms with E-state index in [0.717, 1.165) is 12.8 Å². The lowest BCUT2D eigenvalue weighted by Crippen LogP contribution is -2.29. The quantitative estimate of drug-likeness (QED) is 0.771. The molecule has 0 aromatic heterocycles. The van der Waals surface area contributed by atoms with Crippen molar-refractivity contribution in [2.45, 2.75) is 19.8 Å². The van der Waals surface area contributed by atoms with E-state index in [1.165, 1.54) is 5.56 Å². The van der Waals surface area contributed by atoms with E-state index >= 15 is 0 Å². The Labute approximate surface area is 96.3 Å². The number of aryl methyl sites for hydroxylation is 1. The number of nitrogens with two attached hydrogens (primary N) is 1. The summed E-state index contributed by atoms with van der Waals surface area (Å²) in [7, 11) is 0. The van der Waals surface area contributed by atoms with Gasteiger partial charge in [0, 0.05) is 6.54 Å². The molecule has 2 atom stereocenters. The number of aliphatic carboxylic acids is 1. The predicted octanol–water partition coefficient (Wildman–Crippen LogP) is 1.91. The number of hydrogen-bond acceptors (Lipinski definition) is 2. The monoisotopic (exact) mass is 221 g/mol. The summed E-state index contributed by atoms with van der Waals surface area (Å²) >= 11 is 0. The molecule has 0 radical (unpaired) electrons. The second-order valence-electron chi connectivity index (χ2n) is 4.18. The van der Waals surface area contributed by atoms with Crippen LogP contribution in [0.25, 0.3) is 0 Å². The van der Waals surface area contributed by atoms with Gasteiger partial charge < -0.3 is 10.8 Å². The zero-order chi connectivity index (χ0) is 12.0. The molecule has 0 amide bonds. The van der Waals surface area contributed by atoms with Gasteiger partial charge >= 0.3 is 5.97 Å². The third-order valence-electron chi connectivity index (χ3n) is 2.99. The number of carbonyl (C=O) groups is 1. The molecule has 0 aliphatic heterocycles. The van der Waals surface area contributed by atoms with E-state index < -0.39 is 11.9 Å². The highest BCUT2D eigenvalue weighted by molar-refractivity contribution is 5.70.